The van der Waals surface area contributed by atoms with Crippen LogP contribution in [0.4, 0.5) is 0 Å². The van der Waals surface area contributed by atoms with Crippen molar-refractivity contribution in [3.05, 3.63) is 18.0 Å². The number of hydrogen-bond acceptors (Lipinski definition) is 4. The van der Waals surface area contributed by atoms with E-state index in [-0.39, 0.29) is 11.3 Å². The van der Waals surface area contributed by atoms with E-state index in [1.54, 1.807) is 6.20 Å². The number of carboxylic acids is 1. The maximum absolute atomic E-state index is 11.3. The van der Waals surface area contributed by atoms with Gasteiger partial charge in [0, 0.05) is 12.1 Å². The zero-order valence-electron chi connectivity index (χ0n) is 11.7. The lowest BCUT2D eigenvalue weighted by atomic mass is 9.61. The van der Waals surface area contributed by atoms with Crippen LogP contribution in [-0.2, 0) is 11.3 Å². The highest BCUT2D eigenvalue weighted by Crippen LogP contribution is 2.45. The molecule has 0 saturated heterocycles. The predicted molar refractivity (Wildman–Crippen MR) is 70.4 cm³/mol. The van der Waals surface area contributed by atoms with Crippen LogP contribution >= 0.6 is 0 Å². The van der Waals surface area contributed by atoms with Crippen molar-refractivity contribution in [3.63, 3.8) is 0 Å². The van der Waals surface area contributed by atoms with Gasteiger partial charge in [-0.15, -0.1) is 0 Å². The molecule has 0 aromatic carbocycles. The van der Waals surface area contributed by atoms with Gasteiger partial charge in [0.25, 0.3) is 0 Å². The number of carbonyl (C=O) groups is 1. The molecule has 0 amide bonds. The second-order valence-corrected chi connectivity index (χ2v) is 6.04. The Balaban J connectivity index is 1.99. The minimum absolute atomic E-state index is 0.205. The van der Waals surface area contributed by atoms with Gasteiger partial charge in [-0.05, 0) is 24.2 Å². The van der Waals surface area contributed by atoms with Crippen molar-refractivity contribution < 1.29 is 14.4 Å². The molecule has 5 heteroatoms. The molecule has 2 N–H and O–H groups in total. The summed E-state index contributed by atoms with van der Waals surface area (Å²) < 4.78 is 5.06. The number of carboxylic acid groups (broad SMARTS) is 1. The summed E-state index contributed by atoms with van der Waals surface area (Å²) in [4.78, 5) is 11.3. The first-order valence-electron chi connectivity index (χ1n) is 6.78. The van der Waals surface area contributed by atoms with Crippen molar-refractivity contribution >= 4 is 5.97 Å². The highest BCUT2D eigenvalue weighted by molar-refractivity contribution is 5.71. The van der Waals surface area contributed by atoms with Crippen LogP contribution in [0.2, 0.25) is 0 Å². The Morgan fingerprint density at radius 2 is 2.32 bits per heavy atom. The molecule has 1 aliphatic rings. The number of hydrogen-bond donors (Lipinski definition) is 2. The lowest BCUT2D eigenvalue weighted by Gasteiger charge is -2.46. The summed E-state index contributed by atoms with van der Waals surface area (Å²) in [5.74, 6) is 0.173. The van der Waals surface area contributed by atoms with Gasteiger partial charge in [-0.1, -0.05) is 25.9 Å². The van der Waals surface area contributed by atoms with E-state index in [4.69, 9.17) is 4.52 Å². The summed E-state index contributed by atoms with van der Waals surface area (Å²) in [5.41, 5.74) is -0.205. The third-order valence-electron chi connectivity index (χ3n) is 4.77. The predicted octanol–water partition coefficient (Wildman–Crippen LogP) is 2.29. The number of aliphatic carboxylic acids is 1. The smallest absolute Gasteiger partial charge is 0.307 e. The monoisotopic (exact) mass is 266 g/mol. The van der Waals surface area contributed by atoms with Gasteiger partial charge in [0.05, 0.1) is 18.7 Å². The lowest BCUT2D eigenvalue weighted by molar-refractivity contribution is -0.150. The largest absolute Gasteiger partial charge is 0.481 e. The van der Waals surface area contributed by atoms with Gasteiger partial charge in [0.2, 0.25) is 0 Å². The summed E-state index contributed by atoms with van der Waals surface area (Å²) in [7, 11) is 0. The Hall–Kier alpha value is -1.36. The molecule has 0 spiro atoms. The quantitative estimate of drug-likeness (QED) is 0.874. The Morgan fingerprint density at radius 3 is 2.89 bits per heavy atom. The van der Waals surface area contributed by atoms with Gasteiger partial charge < -0.3 is 14.9 Å². The summed E-state index contributed by atoms with van der Waals surface area (Å²) in [6.07, 6.45) is 3.24. The van der Waals surface area contributed by atoms with Crippen molar-refractivity contribution in [1.29, 1.82) is 0 Å². The minimum Gasteiger partial charge on any atom is -0.481 e. The van der Waals surface area contributed by atoms with Crippen LogP contribution in [0.25, 0.3) is 0 Å². The standard InChI is InChI=1S/C14H22N2O3/c1-9-12(15-8-10-6-7-16-19-10)5-4-11(13(17)18)14(9,2)3/h6-7,9,11-12,15H,4-5,8H2,1-3H3,(H,17,18). The van der Waals surface area contributed by atoms with Gasteiger partial charge in [0.1, 0.15) is 5.76 Å². The Kier molecular flexibility index (Phi) is 3.94. The summed E-state index contributed by atoms with van der Waals surface area (Å²) in [5, 5.41) is 16.5. The van der Waals surface area contributed by atoms with Crippen molar-refractivity contribution in [2.75, 3.05) is 0 Å². The van der Waals surface area contributed by atoms with Crippen LogP contribution in [0.3, 0.4) is 0 Å². The molecule has 1 saturated carbocycles. The molecule has 1 fully saturated rings. The lowest BCUT2D eigenvalue weighted by Crippen LogP contribution is -2.50. The Labute approximate surface area is 113 Å². The number of rotatable bonds is 4. The first kappa shape index (κ1) is 14.1. The van der Waals surface area contributed by atoms with E-state index in [9.17, 15) is 9.90 Å². The Morgan fingerprint density at radius 1 is 1.58 bits per heavy atom. The van der Waals surface area contributed by atoms with Gasteiger partial charge in [0.15, 0.2) is 0 Å². The van der Waals surface area contributed by atoms with Crippen LogP contribution in [0, 0.1) is 17.3 Å². The van der Waals surface area contributed by atoms with Crippen LogP contribution < -0.4 is 5.32 Å². The zero-order chi connectivity index (χ0) is 14.0. The number of aromatic nitrogens is 1. The fraction of sp³-hybridized carbons (Fsp3) is 0.714. The summed E-state index contributed by atoms with van der Waals surface area (Å²) >= 11 is 0. The molecule has 0 aliphatic heterocycles. The molecule has 2 rings (SSSR count). The summed E-state index contributed by atoms with van der Waals surface area (Å²) in [6.45, 7) is 6.88. The van der Waals surface area contributed by atoms with Crippen molar-refractivity contribution in [2.45, 2.75) is 46.2 Å². The first-order valence-corrected chi connectivity index (χ1v) is 6.78. The number of nitrogens with one attached hydrogen (secondary N) is 1. The van der Waals surface area contributed by atoms with Crippen LogP contribution in [0.1, 0.15) is 39.4 Å². The molecule has 1 heterocycles. The zero-order valence-corrected chi connectivity index (χ0v) is 11.7. The van der Waals surface area contributed by atoms with E-state index >= 15 is 0 Å². The maximum Gasteiger partial charge on any atom is 0.307 e. The third-order valence-corrected chi connectivity index (χ3v) is 4.77. The van der Waals surface area contributed by atoms with E-state index < -0.39 is 5.97 Å². The van der Waals surface area contributed by atoms with E-state index in [0.29, 0.717) is 18.5 Å². The molecule has 5 nitrogen and oxygen atoms in total. The molecule has 0 radical (unpaired) electrons. The van der Waals surface area contributed by atoms with E-state index in [1.807, 2.05) is 6.07 Å². The topological polar surface area (TPSA) is 75.4 Å². The van der Waals surface area contributed by atoms with Crippen LogP contribution in [0.5, 0.6) is 0 Å². The Bertz CT molecular complexity index is 428. The third kappa shape index (κ3) is 2.81. The first-order chi connectivity index (χ1) is 8.93. The van der Waals surface area contributed by atoms with E-state index in [0.717, 1.165) is 18.6 Å². The fourth-order valence-corrected chi connectivity index (χ4v) is 3.09. The average Bonchev–Trinajstić information content (AvgIpc) is 2.83. The van der Waals surface area contributed by atoms with E-state index in [1.165, 1.54) is 0 Å². The van der Waals surface area contributed by atoms with Gasteiger partial charge in [-0.2, -0.15) is 0 Å². The van der Waals surface area contributed by atoms with E-state index in [2.05, 4.69) is 31.2 Å². The maximum atomic E-state index is 11.3. The molecule has 19 heavy (non-hydrogen) atoms. The van der Waals surface area contributed by atoms with Crippen molar-refractivity contribution in [1.82, 2.24) is 10.5 Å². The normalized spacial score (nSPS) is 30.2. The van der Waals surface area contributed by atoms with Gasteiger partial charge in [-0.3, -0.25) is 4.79 Å². The molecule has 3 atom stereocenters. The molecule has 106 valence electrons. The molecular weight excluding hydrogens is 244 g/mol. The fourth-order valence-electron chi connectivity index (χ4n) is 3.09. The minimum atomic E-state index is -0.675. The second kappa shape index (κ2) is 5.33. The molecule has 3 unspecified atom stereocenters. The SMILES string of the molecule is CC1C(NCc2ccno2)CCC(C(=O)O)C1(C)C. The second-order valence-electron chi connectivity index (χ2n) is 6.04. The summed E-state index contributed by atoms with van der Waals surface area (Å²) in [6, 6.07) is 2.15. The van der Waals surface area contributed by atoms with Crippen LogP contribution in [-0.4, -0.2) is 22.3 Å². The van der Waals surface area contributed by atoms with Crippen molar-refractivity contribution in [3.8, 4) is 0 Å². The molecule has 1 aromatic rings. The highest BCUT2D eigenvalue weighted by atomic mass is 16.5. The van der Waals surface area contributed by atoms with Gasteiger partial charge >= 0.3 is 5.97 Å². The van der Waals surface area contributed by atoms with Crippen LogP contribution in [0.15, 0.2) is 16.8 Å². The molecule has 0 bridgehead atoms. The molecule has 1 aromatic heterocycles. The molecular formula is C14H22N2O3. The number of nitrogens with zero attached hydrogens (tertiary/aromatic N) is 1. The van der Waals surface area contributed by atoms with Crippen molar-refractivity contribution in [2.24, 2.45) is 17.3 Å². The highest BCUT2D eigenvalue weighted by Gasteiger charge is 2.46. The average molecular weight is 266 g/mol. The molecule has 1 aliphatic carbocycles. The van der Waals surface area contributed by atoms with Gasteiger partial charge in [-0.25, -0.2) is 0 Å².